The molecule has 7 heteroatoms. The van der Waals surface area contributed by atoms with Gasteiger partial charge < -0.3 is 18.9 Å². The first-order chi connectivity index (χ1) is 14.3. The Balaban J connectivity index is 1.29. The van der Waals surface area contributed by atoms with Crippen LogP contribution in [0.15, 0.2) is 36.7 Å². The van der Waals surface area contributed by atoms with E-state index in [0.717, 1.165) is 44.0 Å². The van der Waals surface area contributed by atoms with Crippen LogP contribution in [0.3, 0.4) is 0 Å². The van der Waals surface area contributed by atoms with E-state index in [1.54, 1.807) is 0 Å². The minimum atomic E-state index is 0.0347. The molecule has 29 heavy (non-hydrogen) atoms. The first kappa shape index (κ1) is 18.8. The summed E-state index contributed by atoms with van der Waals surface area (Å²) in [5.41, 5.74) is 1.12. The molecule has 1 aliphatic carbocycles. The zero-order valence-electron chi connectivity index (χ0n) is 16.7. The number of likely N-dealkylation sites (tertiary alicyclic amines) is 1. The van der Waals surface area contributed by atoms with E-state index in [2.05, 4.69) is 14.8 Å². The molecule has 1 saturated carbocycles. The molecule has 1 aromatic heterocycles. The fourth-order valence-electron chi connectivity index (χ4n) is 4.86. The van der Waals surface area contributed by atoms with Crippen molar-refractivity contribution in [1.29, 1.82) is 0 Å². The van der Waals surface area contributed by atoms with Crippen molar-refractivity contribution in [3.05, 3.63) is 48.0 Å². The lowest BCUT2D eigenvalue weighted by Gasteiger charge is -2.37. The maximum absolute atomic E-state index is 12.9. The number of carbonyl (C=O) groups excluding carboxylic acids is 1. The van der Waals surface area contributed by atoms with E-state index in [0.29, 0.717) is 19.2 Å². The number of carbonyl (C=O) groups is 1. The summed E-state index contributed by atoms with van der Waals surface area (Å²) >= 11 is 0. The summed E-state index contributed by atoms with van der Waals surface area (Å²) in [6.45, 7) is 3.52. The zero-order chi connectivity index (χ0) is 19.7. The third kappa shape index (κ3) is 3.81. The molecule has 1 unspecified atom stereocenters. The Hall–Kier alpha value is -2.25. The summed E-state index contributed by atoms with van der Waals surface area (Å²) in [5, 5.41) is 8.72. The van der Waals surface area contributed by atoms with Crippen molar-refractivity contribution < 1.29 is 14.3 Å². The van der Waals surface area contributed by atoms with Crippen LogP contribution in [0, 0.1) is 5.41 Å². The third-order valence-corrected chi connectivity index (χ3v) is 6.68. The van der Waals surface area contributed by atoms with Gasteiger partial charge in [0.25, 0.3) is 0 Å². The second-order valence-corrected chi connectivity index (χ2v) is 8.61. The van der Waals surface area contributed by atoms with Gasteiger partial charge >= 0.3 is 0 Å². The Morgan fingerprint density at radius 3 is 2.76 bits per heavy atom. The summed E-state index contributed by atoms with van der Waals surface area (Å²) in [6, 6.07) is 10.5. The van der Waals surface area contributed by atoms with E-state index < -0.39 is 0 Å². The molecule has 2 aliphatic heterocycles. The molecule has 0 N–H and O–H groups in total. The standard InChI is InChI=1S/C22H28N4O3/c27-20(14-29-13-17-4-2-1-3-5-17)25-12-19(22(15-25)8-10-28-11-9-22)21-24-23-16-26(21)18-6-7-18/h1-5,16,18-19H,6-15H2. The highest BCUT2D eigenvalue weighted by Crippen LogP contribution is 2.50. The van der Waals surface area contributed by atoms with E-state index in [4.69, 9.17) is 9.47 Å². The summed E-state index contributed by atoms with van der Waals surface area (Å²) < 4.78 is 13.6. The summed E-state index contributed by atoms with van der Waals surface area (Å²) in [6.07, 6.45) is 6.19. The van der Waals surface area contributed by atoms with E-state index in [-0.39, 0.29) is 23.8 Å². The van der Waals surface area contributed by atoms with Gasteiger partial charge in [0.2, 0.25) is 5.91 Å². The van der Waals surface area contributed by atoms with Gasteiger partial charge in [0.05, 0.1) is 6.61 Å². The molecule has 7 nitrogen and oxygen atoms in total. The molecule has 3 aliphatic rings. The molecular formula is C22H28N4O3. The van der Waals surface area contributed by atoms with E-state index in [1.165, 1.54) is 12.8 Å². The average molecular weight is 396 g/mol. The average Bonchev–Trinajstić information content (AvgIpc) is 3.38. The Morgan fingerprint density at radius 1 is 1.21 bits per heavy atom. The molecule has 0 radical (unpaired) electrons. The van der Waals surface area contributed by atoms with E-state index >= 15 is 0 Å². The van der Waals surface area contributed by atoms with Crippen molar-refractivity contribution in [1.82, 2.24) is 19.7 Å². The van der Waals surface area contributed by atoms with Crippen LogP contribution >= 0.6 is 0 Å². The predicted octanol–water partition coefficient (Wildman–Crippen LogP) is 2.55. The van der Waals surface area contributed by atoms with Gasteiger partial charge in [0.1, 0.15) is 18.8 Å². The van der Waals surface area contributed by atoms with Gasteiger partial charge in [-0.05, 0) is 31.2 Å². The topological polar surface area (TPSA) is 69.5 Å². The molecular weight excluding hydrogens is 368 g/mol. The maximum Gasteiger partial charge on any atom is 0.248 e. The van der Waals surface area contributed by atoms with Gasteiger partial charge in [-0.1, -0.05) is 30.3 Å². The number of amides is 1. The molecule has 1 aromatic carbocycles. The smallest absolute Gasteiger partial charge is 0.248 e. The lowest BCUT2D eigenvalue weighted by atomic mass is 9.71. The van der Waals surface area contributed by atoms with Crippen molar-refractivity contribution in [2.45, 2.75) is 44.2 Å². The van der Waals surface area contributed by atoms with Gasteiger partial charge in [-0.25, -0.2) is 0 Å². The number of hydrogen-bond donors (Lipinski definition) is 0. The van der Waals surface area contributed by atoms with Crippen LogP contribution in [-0.4, -0.2) is 58.5 Å². The summed E-state index contributed by atoms with van der Waals surface area (Å²) in [4.78, 5) is 14.9. The highest BCUT2D eigenvalue weighted by Gasteiger charge is 2.51. The molecule has 154 valence electrons. The molecule has 1 spiro atoms. The van der Waals surface area contributed by atoms with Crippen LogP contribution in [0.2, 0.25) is 0 Å². The lowest BCUT2D eigenvalue weighted by Crippen LogP contribution is -2.38. The van der Waals surface area contributed by atoms with Gasteiger partial charge in [-0.3, -0.25) is 4.79 Å². The lowest BCUT2D eigenvalue weighted by molar-refractivity contribution is -0.136. The number of ether oxygens (including phenoxy) is 2. The van der Waals surface area contributed by atoms with Crippen LogP contribution in [0.1, 0.15) is 49.0 Å². The fraction of sp³-hybridized carbons (Fsp3) is 0.591. The number of rotatable bonds is 6. The number of benzene rings is 1. The Labute approximate surface area is 171 Å². The van der Waals surface area contributed by atoms with Crippen molar-refractivity contribution >= 4 is 5.91 Å². The van der Waals surface area contributed by atoms with Crippen molar-refractivity contribution in [2.24, 2.45) is 5.41 Å². The van der Waals surface area contributed by atoms with Gasteiger partial charge in [0.15, 0.2) is 0 Å². The zero-order valence-corrected chi connectivity index (χ0v) is 16.7. The maximum atomic E-state index is 12.9. The first-order valence-corrected chi connectivity index (χ1v) is 10.6. The molecule has 1 atom stereocenters. The SMILES string of the molecule is O=C(COCc1ccccc1)N1CC(c2nncn2C2CC2)C2(CCOCC2)C1. The largest absolute Gasteiger partial charge is 0.381 e. The number of aromatic nitrogens is 3. The van der Waals surface area contributed by atoms with Crippen molar-refractivity contribution in [3.8, 4) is 0 Å². The van der Waals surface area contributed by atoms with Crippen LogP contribution in [-0.2, 0) is 20.9 Å². The van der Waals surface area contributed by atoms with Crippen molar-refractivity contribution in [2.75, 3.05) is 32.9 Å². The Kier molecular flexibility index (Phi) is 5.09. The summed E-state index contributed by atoms with van der Waals surface area (Å²) in [7, 11) is 0. The molecule has 2 saturated heterocycles. The third-order valence-electron chi connectivity index (χ3n) is 6.68. The van der Waals surface area contributed by atoms with Crippen LogP contribution in [0.4, 0.5) is 0 Å². The molecule has 0 bridgehead atoms. The monoisotopic (exact) mass is 396 g/mol. The number of hydrogen-bond acceptors (Lipinski definition) is 5. The second kappa shape index (κ2) is 7.88. The van der Waals surface area contributed by atoms with E-state index in [9.17, 15) is 4.79 Å². The van der Waals surface area contributed by atoms with Crippen LogP contribution in [0.5, 0.6) is 0 Å². The second-order valence-electron chi connectivity index (χ2n) is 8.61. The van der Waals surface area contributed by atoms with Crippen LogP contribution in [0.25, 0.3) is 0 Å². The van der Waals surface area contributed by atoms with E-state index in [1.807, 2.05) is 41.6 Å². The normalized spacial score (nSPS) is 23.6. The Bertz CT molecular complexity index is 843. The van der Waals surface area contributed by atoms with Gasteiger partial charge in [-0.2, -0.15) is 0 Å². The van der Waals surface area contributed by atoms with Crippen molar-refractivity contribution in [3.63, 3.8) is 0 Å². The molecule has 1 amide bonds. The molecule has 5 rings (SSSR count). The predicted molar refractivity (Wildman–Crippen MR) is 106 cm³/mol. The summed E-state index contributed by atoms with van der Waals surface area (Å²) in [5.74, 6) is 1.33. The van der Waals surface area contributed by atoms with Crippen LogP contribution < -0.4 is 0 Å². The Morgan fingerprint density at radius 2 is 2.00 bits per heavy atom. The number of nitrogens with zero attached hydrogens (tertiary/aromatic N) is 4. The minimum absolute atomic E-state index is 0.0347. The molecule has 3 heterocycles. The molecule has 2 aromatic rings. The highest BCUT2D eigenvalue weighted by molar-refractivity contribution is 5.78. The van der Waals surface area contributed by atoms with Gasteiger partial charge in [0, 0.05) is 43.7 Å². The molecule has 3 fully saturated rings. The first-order valence-electron chi connectivity index (χ1n) is 10.6. The highest BCUT2D eigenvalue weighted by atomic mass is 16.5. The quantitative estimate of drug-likeness (QED) is 0.751. The minimum Gasteiger partial charge on any atom is -0.381 e. The van der Waals surface area contributed by atoms with Gasteiger partial charge in [-0.15, -0.1) is 10.2 Å². The fourth-order valence-corrected chi connectivity index (χ4v) is 4.86.